The van der Waals surface area contributed by atoms with E-state index < -0.39 is 17.4 Å². The summed E-state index contributed by atoms with van der Waals surface area (Å²) in [5, 5.41) is 0. The van der Waals surface area contributed by atoms with Crippen LogP contribution in [0.3, 0.4) is 0 Å². The minimum atomic E-state index is -1.11. The Morgan fingerprint density at radius 3 is 2.27 bits per heavy atom. The lowest BCUT2D eigenvalue weighted by Crippen LogP contribution is -2.48. The van der Waals surface area contributed by atoms with Crippen LogP contribution in [0.1, 0.15) is 39.0 Å². The second-order valence-electron chi connectivity index (χ2n) is 4.49. The Labute approximate surface area is 90.2 Å². The first-order valence-electron chi connectivity index (χ1n) is 5.39. The summed E-state index contributed by atoms with van der Waals surface area (Å²) < 4.78 is 4.48. The van der Waals surface area contributed by atoms with Gasteiger partial charge in [0, 0.05) is 5.41 Å². The van der Waals surface area contributed by atoms with Crippen molar-refractivity contribution in [2.45, 2.75) is 45.1 Å². The zero-order valence-electron chi connectivity index (χ0n) is 9.41. The van der Waals surface area contributed by atoms with Crippen molar-refractivity contribution in [2.24, 2.45) is 11.1 Å². The molecule has 2 N–H and O–H groups in total. The molecule has 0 saturated heterocycles. The van der Waals surface area contributed by atoms with Gasteiger partial charge in [-0.15, -0.1) is 0 Å². The molecule has 4 nitrogen and oxygen atoms in total. The van der Waals surface area contributed by atoms with E-state index in [9.17, 15) is 9.59 Å². The molecule has 0 amide bonds. The van der Waals surface area contributed by atoms with E-state index >= 15 is 0 Å². The SMILES string of the molecule is COC(=O)C(N)C(=O)C1(C)CCCCC1. The molecule has 0 radical (unpaired) electrons. The third-order valence-corrected chi connectivity index (χ3v) is 3.29. The van der Waals surface area contributed by atoms with E-state index in [1.807, 2.05) is 6.92 Å². The summed E-state index contributed by atoms with van der Waals surface area (Å²) in [6.45, 7) is 1.90. The lowest BCUT2D eigenvalue weighted by molar-refractivity contribution is -0.148. The highest BCUT2D eigenvalue weighted by molar-refractivity contribution is 6.05. The number of nitrogens with two attached hydrogens (primary N) is 1. The molecule has 0 aromatic carbocycles. The van der Waals surface area contributed by atoms with Gasteiger partial charge in [-0.05, 0) is 12.8 Å². The Morgan fingerprint density at radius 2 is 1.80 bits per heavy atom. The predicted molar refractivity (Wildman–Crippen MR) is 56.2 cm³/mol. The normalized spacial score (nSPS) is 21.8. The number of rotatable bonds is 3. The van der Waals surface area contributed by atoms with Gasteiger partial charge in [0.1, 0.15) is 0 Å². The van der Waals surface area contributed by atoms with Crippen LogP contribution in [-0.4, -0.2) is 24.9 Å². The van der Waals surface area contributed by atoms with Crippen LogP contribution in [0.15, 0.2) is 0 Å². The van der Waals surface area contributed by atoms with Crippen LogP contribution < -0.4 is 5.73 Å². The van der Waals surface area contributed by atoms with Crippen LogP contribution in [0.25, 0.3) is 0 Å². The molecule has 1 aliphatic rings. The average Bonchev–Trinajstić information content (AvgIpc) is 2.27. The maximum atomic E-state index is 12.0. The fourth-order valence-corrected chi connectivity index (χ4v) is 2.19. The molecule has 0 heterocycles. The second kappa shape index (κ2) is 4.75. The number of hydrogen-bond acceptors (Lipinski definition) is 4. The monoisotopic (exact) mass is 213 g/mol. The van der Waals surface area contributed by atoms with E-state index in [0.29, 0.717) is 0 Å². The highest BCUT2D eigenvalue weighted by Gasteiger charge is 2.40. The largest absolute Gasteiger partial charge is 0.468 e. The zero-order valence-corrected chi connectivity index (χ0v) is 9.41. The first-order chi connectivity index (χ1) is 7.01. The molecule has 1 fully saturated rings. The molecular weight excluding hydrogens is 194 g/mol. The highest BCUT2D eigenvalue weighted by Crippen LogP contribution is 2.37. The van der Waals surface area contributed by atoms with E-state index in [4.69, 9.17) is 5.73 Å². The van der Waals surface area contributed by atoms with Crippen LogP contribution in [0.5, 0.6) is 0 Å². The number of hydrogen-bond donors (Lipinski definition) is 1. The molecule has 1 aliphatic carbocycles. The summed E-state index contributed by atoms with van der Waals surface area (Å²) >= 11 is 0. The van der Waals surface area contributed by atoms with Crippen LogP contribution in [0.4, 0.5) is 0 Å². The minimum Gasteiger partial charge on any atom is -0.468 e. The van der Waals surface area contributed by atoms with Gasteiger partial charge in [0.25, 0.3) is 0 Å². The van der Waals surface area contributed by atoms with Crippen molar-refractivity contribution in [3.05, 3.63) is 0 Å². The second-order valence-corrected chi connectivity index (χ2v) is 4.49. The van der Waals surface area contributed by atoms with Crippen molar-refractivity contribution in [1.29, 1.82) is 0 Å². The van der Waals surface area contributed by atoms with Gasteiger partial charge in [-0.2, -0.15) is 0 Å². The predicted octanol–water partition coefficient (Wildman–Crippen LogP) is 1.03. The molecule has 86 valence electrons. The van der Waals surface area contributed by atoms with Gasteiger partial charge in [-0.3, -0.25) is 4.79 Å². The molecule has 1 rings (SSSR count). The van der Waals surface area contributed by atoms with E-state index in [-0.39, 0.29) is 5.78 Å². The third-order valence-electron chi connectivity index (χ3n) is 3.29. The van der Waals surface area contributed by atoms with E-state index in [2.05, 4.69) is 4.74 Å². The van der Waals surface area contributed by atoms with Crippen LogP contribution in [0.2, 0.25) is 0 Å². The van der Waals surface area contributed by atoms with E-state index in [0.717, 1.165) is 32.1 Å². The Hall–Kier alpha value is -0.900. The molecule has 0 spiro atoms. The van der Waals surface area contributed by atoms with Crippen molar-refractivity contribution in [3.63, 3.8) is 0 Å². The van der Waals surface area contributed by atoms with Crippen molar-refractivity contribution >= 4 is 11.8 Å². The number of Topliss-reactive ketones (excluding diaryl/α,β-unsaturated/α-hetero) is 1. The number of carbonyl (C=O) groups excluding carboxylic acids is 2. The van der Waals surface area contributed by atoms with Crippen molar-refractivity contribution < 1.29 is 14.3 Å². The number of carbonyl (C=O) groups is 2. The first-order valence-corrected chi connectivity index (χ1v) is 5.39. The van der Waals surface area contributed by atoms with Gasteiger partial charge in [-0.25, -0.2) is 4.79 Å². The molecule has 4 heteroatoms. The van der Waals surface area contributed by atoms with Gasteiger partial charge in [0.15, 0.2) is 11.8 Å². The first kappa shape index (κ1) is 12.2. The van der Waals surface area contributed by atoms with Gasteiger partial charge in [0.2, 0.25) is 0 Å². The number of methoxy groups -OCH3 is 1. The Balaban J connectivity index is 2.69. The number of esters is 1. The average molecular weight is 213 g/mol. The Bertz CT molecular complexity index is 257. The third kappa shape index (κ3) is 2.56. The molecule has 1 atom stereocenters. The minimum absolute atomic E-state index is 0.172. The molecule has 15 heavy (non-hydrogen) atoms. The Morgan fingerprint density at radius 1 is 1.27 bits per heavy atom. The lowest BCUT2D eigenvalue weighted by Gasteiger charge is -2.33. The molecule has 0 aromatic heterocycles. The van der Waals surface area contributed by atoms with Gasteiger partial charge in [0.05, 0.1) is 7.11 Å². The van der Waals surface area contributed by atoms with Crippen molar-refractivity contribution in [1.82, 2.24) is 0 Å². The number of ether oxygens (including phenoxy) is 1. The summed E-state index contributed by atoms with van der Waals surface area (Å²) in [5.41, 5.74) is 5.14. The summed E-state index contributed by atoms with van der Waals surface area (Å²) in [4.78, 5) is 23.2. The van der Waals surface area contributed by atoms with E-state index in [1.165, 1.54) is 7.11 Å². The lowest BCUT2D eigenvalue weighted by atomic mass is 9.71. The number of ketones is 1. The quantitative estimate of drug-likeness (QED) is 0.561. The molecular formula is C11H19NO3. The van der Waals surface area contributed by atoms with Gasteiger partial charge in [-0.1, -0.05) is 26.2 Å². The standard InChI is InChI=1S/C11H19NO3/c1-11(6-4-3-5-7-11)9(13)8(12)10(14)15-2/h8H,3-7,12H2,1-2H3. The van der Waals surface area contributed by atoms with Crippen molar-refractivity contribution in [3.8, 4) is 0 Å². The van der Waals surface area contributed by atoms with Gasteiger partial charge >= 0.3 is 5.97 Å². The maximum absolute atomic E-state index is 12.0. The van der Waals surface area contributed by atoms with E-state index in [1.54, 1.807) is 0 Å². The zero-order chi connectivity index (χ0) is 11.5. The Kier molecular flexibility index (Phi) is 3.85. The maximum Gasteiger partial charge on any atom is 0.330 e. The molecule has 0 aliphatic heterocycles. The highest BCUT2D eigenvalue weighted by atomic mass is 16.5. The smallest absolute Gasteiger partial charge is 0.330 e. The topological polar surface area (TPSA) is 69.4 Å². The van der Waals surface area contributed by atoms with Crippen LogP contribution in [-0.2, 0) is 14.3 Å². The summed E-state index contributed by atoms with van der Waals surface area (Å²) in [6, 6.07) is -1.11. The summed E-state index contributed by atoms with van der Waals surface area (Å²) in [7, 11) is 1.25. The van der Waals surface area contributed by atoms with Crippen LogP contribution >= 0.6 is 0 Å². The molecule has 1 unspecified atom stereocenters. The van der Waals surface area contributed by atoms with Crippen LogP contribution in [0, 0.1) is 5.41 Å². The summed E-state index contributed by atoms with van der Waals surface area (Å²) in [6.07, 6.45) is 4.90. The summed E-state index contributed by atoms with van der Waals surface area (Å²) in [5.74, 6) is -0.805. The fraction of sp³-hybridized carbons (Fsp3) is 0.818. The molecule has 1 saturated carbocycles. The van der Waals surface area contributed by atoms with Gasteiger partial charge < -0.3 is 10.5 Å². The fourth-order valence-electron chi connectivity index (χ4n) is 2.19. The van der Waals surface area contributed by atoms with Crippen molar-refractivity contribution in [2.75, 3.05) is 7.11 Å². The molecule has 0 aromatic rings. The molecule has 0 bridgehead atoms.